The first-order valence-corrected chi connectivity index (χ1v) is 19.9. The summed E-state index contributed by atoms with van der Waals surface area (Å²) in [5, 5.41) is 3.54. The van der Waals surface area contributed by atoms with Gasteiger partial charge in [-0.05, 0) is 101 Å². The van der Waals surface area contributed by atoms with Gasteiger partial charge in [0.05, 0.1) is 30.4 Å². The van der Waals surface area contributed by atoms with Crippen molar-refractivity contribution in [1.82, 2.24) is 9.88 Å². The van der Waals surface area contributed by atoms with Crippen LogP contribution in [0.15, 0.2) is 72.9 Å². The molecule has 8 nitrogen and oxygen atoms in total. The van der Waals surface area contributed by atoms with Crippen molar-refractivity contribution in [3.8, 4) is 0 Å². The Morgan fingerprint density at radius 1 is 0.917 bits per heavy atom. The van der Waals surface area contributed by atoms with Crippen molar-refractivity contribution >= 4 is 26.2 Å². The van der Waals surface area contributed by atoms with Gasteiger partial charge in [-0.3, -0.25) is 4.90 Å². The van der Waals surface area contributed by atoms with Crippen LogP contribution < -0.4 is 5.32 Å². The molecule has 0 spiro atoms. The van der Waals surface area contributed by atoms with Crippen molar-refractivity contribution in [2.45, 2.75) is 122 Å². The molecule has 0 saturated carbocycles. The quantitative estimate of drug-likeness (QED) is 0.169. The molecule has 2 aromatic carbocycles. The molecule has 9 heteroatoms. The SMILES string of the molecule is COC(=O)c1ccc(C[C@@H]2CC[C@H]([C@H](O[Si](C)(C)C(C)(C)C)c3ccc(NC(C)(C)c4ccccc4)nc3)N2C(=O)OC(C)(C)C)cc1. The van der Waals surface area contributed by atoms with Crippen molar-refractivity contribution in [2.24, 2.45) is 0 Å². The number of carbonyl (C=O) groups is 2. The molecule has 1 aliphatic rings. The van der Waals surface area contributed by atoms with Gasteiger partial charge in [0.2, 0.25) is 0 Å². The highest BCUT2D eigenvalue weighted by atomic mass is 28.4. The van der Waals surface area contributed by atoms with Crippen LogP contribution in [0.4, 0.5) is 10.6 Å². The van der Waals surface area contributed by atoms with Crippen molar-refractivity contribution < 1.29 is 23.5 Å². The van der Waals surface area contributed by atoms with E-state index < -0.39 is 20.0 Å². The molecule has 1 aliphatic heterocycles. The first-order valence-electron chi connectivity index (χ1n) is 17.0. The van der Waals surface area contributed by atoms with Gasteiger partial charge in [0.25, 0.3) is 0 Å². The first-order chi connectivity index (χ1) is 22.3. The van der Waals surface area contributed by atoms with Gasteiger partial charge < -0.3 is 19.2 Å². The van der Waals surface area contributed by atoms with Crippen LogP contribution in [-0.4, -0.2) is 55.1 Å². The van der Waals surface area contributed by atoms with Gasteiger partial charge in [-0.15, -0.1) is 0 Å². The van der Waals surface area contributed by atoms with Gasteiger partial charge in [-0.2, -0.15) is 0 Å². The number of methoxy groups -OCH3 is 1. The summed E-state index contributed by atoms with van der Waals surface area (Å²) in [6.45, 7) is 21.2. The molecule has 0 bridgehead atoms. The number of rotatable bonds is 10. The fourth-order valence-corrected chi connectivity index (χ4v) is 7.21. The van der Waals surface area contributed by atoms with Crippen molar-refractivity contribution in [2.75, 3.05) is 12.4 Å². The fourth-order valence-electron chi connectivity index (χ4n) is 5.93. The molecular weight excluding hydrogens is 619 g/mol. The molecule has 1 saturated heterocycles. The zero-order chi connectivity index (χ0) is 35.5. The van der Waals surface area contributed by atoms with E-state index in [4.69, 9.17) is 18.9 Å². The molecule has 1 fully saturated rings. The zero-order valence-corrected chi connectivity index (χ0v) is 31.7. The summed E-state index contributed by atoms with van der Waals surface area (Å²) >= 11 is 0. The summed E-state index contributed by atoms with van der Waals surface area (Å²) in [7, 11) is -0.932. The second-order valence-electron chi connectivity index (χ2n) is 16.0. The van der Waals surface area contributed by atoms with Crippen LogP contribution in [0, 0.1) is 0 Å². The highest BCUT2D eigenvalue weighted by Gasteiger charge is 2.48. The summed E-state index contributed by atoms with van der Waals surface area (Å²) in [5.41, 5.74) is 2.64. The number of likely N-dealkylation sites (tertiary alicyclic amines) is 1. The van der Waals surface area contributed by atoms with Gasteiger partial charge in [-0.1, -0.05) is 69.3 Å². The minimum atomic E-state index is -2.31. The lowest BCUT2D eigenvalue weighted by Gasteiger charge is -2.43. The second-order valence-corrected chi connectivity index (χ2v) is 20.7. The van der Waals surface area contributed by atoms with Crippen LogP contribution in [0.2, 0.25) is 18.1 Å². The maximum absolute atomic E-state index is 14.1. The molecule has 48 heavy (non-hydrogen) atoms. The Morgan fingerprint density at radius 2 is 1.56 bits per heavy atom. The molecule has 260 valence electrons. The number of hydrogen-bond acceptors (Lipinski definition) is 7. The van der Waals surface area contributed by atoms with Gasteiger partial charge in [0, 0.05) is 17.8 Å². The van der Waals surface area contributed by atoms with Gasteiger partial charge >= 0.3 is 12.1 Å². The number of benzene rings is 2. The third kappa shape index (κ3) is 9.05. The summed E-state index contributed by atoms with van der Waals surface area (Å²) in [6.07, 6.45) is 3.32. The standard InChI is InChI=1S/C39H55N3O5Si/c1-37(2,3)46-36(44)42-31(25-27-17-19-28(20-18-27)35(43)45-9)22-23-32(42)34(47-48(10,11)38(4,5)6)29-21-24-33(40-26-29)41-39(7,8)30-15-13-12-14-16-30/h12-21,24,26,31-32,34H,22-23,25H2,1-11H3,(H,40,41)/t31-,32+,34+/m0/s1. The molecule has 1 amide bonds. The Labute approximate surface area is 288 Å². The number of pyridine rings is 1. The van der Waals surface area contributed by atoms with E-state index in [1.54, 1.807) is 12.1 Å². The molecule has 3 atom stereocenters. The number of nitrogens with one attached hydrogen (secondary N) is 1. The van der Waals surface area contributed by atoms with E-state index in [2.05, 4.69) is 71.2 Å². The van der Waals surface area contributed by atoms with Crippen LogP contribution in [0.1, 0.15) is 101 Å². The molecule has 1 N–H and O–H groups in total. The smallest absolute Gasteiger partial charge is 0.410 e. The van der Waals surface area contributed by atoms with Crippen LogP contribution in [0.5, 0.6) is 0 Å². The highest BCUT2D eigenvalue weighted by molar-refractivity contribution is 6.74. The van der Waals surface area contributed by atoms with E-state index in [1.165, 1.54) is 12.7 Å². The highest BCUT2D eigenvalue weighted by Crippen LogP contribution is 2.44. The Morgan fingerprint density at radius 3 is 2.10 bits per heavy atom. The Hall–Kier alpha value is -3.69. The van der Waals surface area contributed by atoms with Crippen LogP contribution in [0.25, 0.3) is 0 Å². The largest absolute Gasteiger partial charge is 0.465 e. The predicted octanol–water partition coefficient (Wildman–Crippen LogP) is 9.29. The lowest BCUT2D eigenvalue weighted by atomic mass is 9.94. The van der Waals surface area contributed by atoms with Gasteiger partial charge in [0.15, 0.2) is 8.32 Å². The molecule has 4 rings (SSSR count). The first kappa shape index (κ1) is 37.1. The molecule has 1 aromatic heterocycles. The maximum Gasteiger partial charge on any atom is 0.410 e. The summed E-state index contributed by atoms with van der Waals surface area (Å²) in [6, 6.07) is 21.5. The molecule has 0 aliphatic carbocycles. The van der Waals surface area contributed by atoms with E-state index in [-0.39, 0.29) is 34.7 Å². The van der Waals surface area contributed by atoms with Gasteiger partial charge in [0.1, 0.15) is 11.4 Å². The average Bonchev–Trinajstić information content (AvgIpc) is 3.42. The van der Waals surface area contributed by atoms with E-state index in [1.807, 2.05) is 68.3 Å². The molecule has 0 radical (unpaired) electrons. The third-order valence-electron chi connectivity index (χ3n) is 9.63. The Kier molecular flexibility index (Phi) is 11.2. The van der Waals surface area contributed by atoms with E-state index in [9.17, 15) is 9.59 Å². The minimum Gasteiger partial charge on any atom is -0.465 e. The van der Waals surface area contributed by atoms with Crippen molar-refractivity contribution in [3.63, 3.8) is 0 Å². The number of amides is 1. The van der Waals surface area contributed by atoms with Gasteiger partial charge in [-0.25, -0.2) is 14.6 Å². The van der Waals surface area contributed by atoms with E-state index in [0.29, 0.717) is 12.0 Å². The molecule has 2 heterocycles. The monoisotopic (exact) mass is 673 g/mol. The Bertz CT molecular complexity index is 1530. The van der Waals surface area contributed by atoms with Crippen LogP contribution >= 0.6 is 0 Å². The number of nitrogens with zero attached hydrogens (tertiary/aromatic N) is 2. The molecule has 3 aromatic rings. The topological polar surface area (TPSA) is 90.0 Å². The fraction of sp³-hybridized carbons (Fsp3) is 0.513. The summed E-state index contributed by atoms with van der Waals surface area (Å²) in [5.74, 6) is 0.393. The lowest BCUT2D eigenvalue weighted by molar-refractivity contribution is -0.00244. The number of ether oxygens (including phenoxy) is 2. The number of anilines is 1. The van der Waals surface area contributed by atoms with Crippen LogP contribution in [0.3, 0.4) is 0 Å². The molecular formula is C39H55N3O5Si. The zero-order valence-electron chi connectivity index (χ0n) is 30.7. The summed E-state index contributed by atoms with van der Waals surface area (Å²) in [4.78, 5) is 32.9. The second kappa shape index (κ2) is 14.4. The number of carbonyl (C=O) groups excluding carboxylic acids is 2. The molecule has 0 unspecified atom stereocenters. The number of hydrogen-bond donors (Lipinski definition) is 1. The lowest BCUT2D eigenvalue weighted by Crippen LogP contribution is -2.50. The normalized spacial score (nSPS) is 17.9. The summed E-state index contributed by atoms with van der Waals surface area (Å²) < 4.78 is 18.1. The van der Waals surface area contributed by atoms with E-state index >= 15 is 0 Å². The number of esters is 1. The van der Waals surface area contributed by atoms with Crippen molar-refractivity contribution in [3.05, 3.63) is 95.2 Å². The minimum absolute atomic E-state index is 0.0456. The maximum atomic E-state index is 14.1. The third-order valence-corrected chi connectivity index (χ3v) is 14.1. The Balaban J connectivity index is 1.69. The van der Waals surface area contributed by atoms with Crippen molar-refractivity contribution in [1.29, 1.82) is 0 Å². The average molecular weight is 674 g/mol. The predicted molar refractivity (Wildman–Crippen MR) is 195 cm³/mol. The van der Waals surface area contributed by atoms with Crippen LogP contribution in [-0.2, 0) is 25.9 Å². The van der Waals surface area contributed by atoms with E-state index in [0.717, 1.165) is 29.8 Å². The number of aromatic nitrogens is 1.